The van der Waals surface area contributed by atoms with Crippen molar-refractivity contribution in [1.82, 2.24) is 9.97 Å². The van der Waals surface area contributed by atoms with E-state index in [1.165, 1.54) is 0 Å². The number of carboxylic acid groups (broad SMARTS) is 1. The highest BCUT2D eigenvalue weighted by atomic mass is 16.5. The standard InChI is InChI=1S/C23H26N2O3.C2H6/c1-6-8-12-18(7-2)23(5,19-13-10-9-11-14-19)20(21(26)27)28-22-24-16(3)15-17(4)25-22;1-2/h6-15,20H,2H2,1,3-5H3,(H,26,27);1-2H3/b8-6-,18-12+;. The summed E-state index contributed by atoms with van der Waals surface area (Å²) in [4.78, 5) is 20.8. The third kappa shape index (κ3) is 5.89. The molecule has 0 saturated heterocycles. The molecule has 1 aromatic carbocycles. The second-order valence-corrected chi connectivity index (χ2v) is 6.69. The Labute approximate surface area is 179 Å². The van der Waals surface area contributed by atoms with Crippen molar-refractivity contribution >= 4 is 5.97 Å². The first kappa shape index (κ1) is 24.8. The van der Waals surface area contributed by atoms with Crippen molar-refractivity contribution in [3.8, 4) is 6.01 Å². The molecule has 0 fully saturated rings. The Kier molecular flexibility index (Phi) is 9.69. The lowest BCUT2D eigenvalue weighted by atomic mass is 9.71. The van der Waals surface area contributed by atoms with Crippen LogP contribution >= 0.6 is 0 Å². The predicted octanol–water partition coefficient (Wildman–Crippen LogP) is 5.60. The Hall–Kier alpha value is -3.21. The fourth-order valence-electron chi connectivity index (χ4n) is 3.17. The van der Waals surface area contributed by atoms with Gasteiger partial charge in [0.15, 0.2) is 0 Å². The van der Waals surface area contributed by atoms with Crippen molar-refractivity contribution in [2.45, 2.75) is 53.1 Å². The number of ether oxygens (including phenoxy) is 1. The topological polar surface area (TPSA) is 72.3 Å². The van der Waals surface area contributed by atoms with Crippen LogP contribution in [-0.4, -0.2) is 27.1 Å². The van der Waals surface area contributed by atoms with E-state index >= 15 is 0 Å². The maximum Gasteiger partial charge on any atom is 0.346 e. The van der Waals surface area contributed by atoms with E-state index in [4.69, 9.17) is 4.74 Å². The minimum Gasteiger partial charge on any atom is -0.478 e. The van der Waals surface area contributed by atoms with Gasteiger partial charge in [0, 0.05) is 11.4 Å². The van der Waals surface area contributed by atoms with Crippen LogP contribution in [0.1, 0.15) is 44.6 Å². The summed E-state index contributed by atoms with van der Waals surface area (Å²) in [5.74, 6) is -1.11. The van der Waals surface area contributed by atoms with E-state index in [1.54, 1.807) is 12.1 Å². The molecule has 0 radical (unpaired) electrons. The largest absolute Gasteiger partial charge is 0.478 e. The van der Waals surface area contributed by atoms with Crippen LogP contribution in [0.4, 0.5) is 0 Å². The molecular formula is C25H32N2O3. The number of hydrogen-bond acceptors (Lipinski definition) is 4. The number of benzene rings is 1. The highest BCUT2D eigenvalue weighted by molar-refractivity contribution is 5.77. The summed E-state index contributed by atoms with van der Waals surface area (Å²) in [6.45, 7) is 15.3. The van der Waals surface area contributed by atoms with Gasteiger partial charge in [0.2, 0.25) is 6.10 Å². The van der Waals surface area contributed by atoms with Gasteiger partial charge < -0.3 is 9.84 Å². The summed E-state index contributed by atoms with van der Waals surface area (Å²) in [5, 5.41) is 10.1. The number of aromatic nitrogens is 2. The zero-order valence-corrected chi connectivity index (χ0v) is 18.7. The number of rotatable bonds is 8. The first-order valence-electron chi connectivity index (χ1n) is 10.1. The molecule has 2 aromatic rings. The maximum absolute atomic E-state index is 12.3. The average Bonchev–Trinajstić information content (AvgIpc) is 2.73. The molecule has 2 atom stereocenters. The first-order chi connectivity index (χ1) is 14.3. The van der Waals surface area contributed by atoms with E-state index < -0.39 is 17.5 Å². The third-order valence-electron chi connectivity index (χ3n) is 4.59. The molecule has 0 saturated carbocycles. The van der Waals surface area contributed by atoms with E-state index in [9.17, 15) is 9.90 Å². The molecule has 0 amide bonds. The van der Waals surface area contributed by atoms with Gasteiger partial charge in [-0.05, 0) is 44.9 Å². The normalized spacial score (nSPS) is 14.3. The molecule has 5 heteroatoms. The van der Waals surface area contributed by atoms with E-state index in [-0.39, 0.29) is 6.01 Å². The number of aryl methyl sites for hydroxylation is 2. The molecule has 1 heterocycles. The van der Waals surface area contributed by atoms with Crippen LogP contribution in [0.25, 0.3) is 0 Å². The molecule has 2 unspecified atom stereocenters. The van der Waals surface area contributed by atoms with E-state index in [0.29, 0.717) is 17.0 Å². The van der Waals surface area contributed by atoms with Gasteiger partial charge in [0.05, 0.1) is 5.41 Å². The van der Waals surface area contributed by atoms with E-state index in [1.807, 2.05) is 90.1 Å². The Balaban J connectivity index is 0.00000218. The van der Waals surface area contributed by atoms with Gasteiger partial charge in [-0.2, -0.15) is 0 Å². The van der Waals surface area contributed by atoms with Crippen LogP contribution in [0, 0.1) is 13.8 Å². The number of hydrogen-bond donors (Lipinski definition) is 1. The SMILES string of the molecule is C=C/C(=C\C=C/C)C(C)(c1ccccc1)C(Oc1nc(C)cc(C)n1)C(=O)O.CC. The molecule has 0 spiro atoms. The molecule has 160 valence electrons. The summed E-state index contributed by atoms with van der Waals surface area (Å²) >= 11 is 0. The van der Waals surface area contributed by atoms with Gasteiger partial charge in [-0.3, -0.25) is 0 Å². The summed E-state index contributed by atoms with van der Waals surface area (Å²) in [6, 6.07) is 11.2. The fourth-order valence-corrected chi connectivity index (χ4v) is 3.17. The van der Waals surface area contributed by atoms with Gasteiger partial charge in [-0.1, -0.05) is 75.1 Å². The van der Waals surface area contributed by atoms with Crippen LogP contribution < -0.4 is 4.74 Å². The Morgan fingerprint density at radius 1 is 1.17 bits per heavy atom. The van der Waals surface area contributed by atoms with Gasteiger partial charge in [0.1, 0.15) is 0 Å². The monoisotopic (exact) mass is 408 g/mol. The molecule has 0 bridgehead atoms. The number of carbonyl (C=O) groups is 1. The summed E-state index contributed by atoms with van der Waals surface area (Å²) in [6.07, 6.45) is 5.98. The van der Waals surface area contributed by atoms with Crippen molar-refractivity contribution in [2.75, 3.05) is 0 Å². The third-order valence-corrected chi connectivity index (χ3v) is 4.59. The molecule has 0 aliphatic rings. The van der Waals surface area contributed by atoms with Gasteiger partial charge in [-0.25, -0.2) is 14.8 Å². The van der Waals surface area contributed by atoms with Crippen LogP contribution in [0.3, 0.4) is 0 Å². The van der Waals surface area contributed by atoms with Crippen LogP contribution in [0.15, 0.2) is 72.9 Å². The van der Waals surface area contributed by atoms with Crippen molar-refractivity contribution < 1.29 is 14.6 Å². The number of nitrogens with zero attached hydrogens (tertiary/aromatic N) is 2. The summed E-state index contributed by atoms with van der Waals surface area (Å²) in [7, 11) is 0. The maximum atomic E-state index is 12.3. The lowest BCUT2D eigenvalue weighted by Crippen LogP contribution is -2.47. The van der Waals surface area contributed by atoms with Crippen LogP contribution in [-0.2, 0) is 10.2 Å². The first-order valence-corrected chi connectivity index (χ1v) is 10.1. The van der Waals surface area contributed by atoms with Gasteiger partial charge in [-0.15, -0.1) is 0 Å². The molecule has 1 aromatic heterocycles. The van der Waals surface area contributed by atoms with Crippen LogP contribution in [0.5, 0.6) is 6.01 Å². The second kappa shape index (κ2) is 11.7. The highest BCUT2D eigenvalue weighted by Crippen LogP contribution is 2.38. The molecule has 5 nitrogen and oxygen atoms in total. The zero-order valence-electron chi connectivity index (χ0n) is 18.7. The molecule has 0 aliphatic heterocycles. The minimum absolute atomic E-state index is 0.0431. The fraction of sp³-hybridized carbons (Fsp3) is 0.320. The smallest absolute Gasteiger partial charge is 0.346 e. The Morgan fingerprint density at radius 2 is 1.73 bits per heavy atom. The summed E-state index contributed by atoms with van der Waals surface area (Å²) in [5.41, 5.74) is 1.91. The Bertz CT molecular complexity index is 884. The zero-order chi connectivity index (χ0) is 22.7. The van der Waals surface area contributed by atoms with Crippen molar-refractivity contribution in [3.63, 3.8) is 0 Å². The van der Waals surface area contributed by atoms with Crippen molar-refractivity contribution in [2.24, 2.45) is 0 Å². The lowest BCUT2D eigenvalue weighted by Gasteiger charge is -2.36. The van der Waals surface area contributed by atoms with E-state index in [0.717, 1.165) is 5.56 Å². The molecule has 30 heavy (non-hydrogen) atoms. The second-order valence-electron chi connectivity index (χ2n) is 6.69. The van der Waals surface area contributed by atoms with Crippen LogP contribution in [0.2, 0.25) is 0 Å². The van der Waals surface area contributed by atoms with E-state index in [2.05, 4.69) is 16.5 Å². The molecule has 0 aliphatic carbocycles. The molecular weight excluding hydrogens is 376 g/mol. The van der Waals surface area contributed by atoms with Gasteiger partial charge >= 0.3 is 12.0 Å². The quantitative estimate of drug-likeness (QED) is 0.576. The minimum atomic E-state index is -1.26. The van der Waals surface area contributed by atoms with Crippen molar-refractivity contribution in [1.29, 1.82) is 0 Å². The molecule has 1 N–H and O–H groups in total. The summed E-state index contributed by atoms with van der Waals surface area (Å²) < 4.78 is 5.89. The number of aliphatic carboxylic acids is 1. The van der Waals surface area contributed by atoms with Crippen molar-refractivity contribution in [3.05, 3.63) is 89.8 Å². The average molecular weight is 409 g/mol. The Morgan fingerprint density at radius 3 is 2.20 bits per heavy atom. The van der Waals surface area contributed by atoms with Gasteiger partial charge in [0.25, 0.3) is 0 Å². The number of allylic oxidation sites excluding steroid dienone is 4. The number of carboxylic acids is 1. The lowest BCUT2D eigenvalue weighted by molar-refractivity contribution is -0.148. The predicted molar refractivity (Wildman–Crippen MR) is 122 cm³/mol. The molecule has 2 rings (SSSR count). The highest BCUT2D eigenvalue weighted by Gasteiger charge is 2.45.